The molecule has 0 N–H and O–H groups in total. The zero-order valence-electron chi connectivity index (χ0n) is 35.4. The molecule has 0 amide bonds. The number of hydrogen-bond donors (Lipinski definition) is 0. The van der Waals surface area contributed by atoms with Gasteiger partial charge in [-0.05, 0) is 86.1 Å². The molecule has 4 heteroatoms. The van der Waals surface area contributed by atoms with Gasteiger partial charge in [0.05, 0.1) is 16.7 Å². The van der Waals surface area contributed by atoms with E-state index in [4.69, 9.17) is 15.0 Å². The van der Waals surface area contributed by atoms with Crippen molar-refractivity contribution in [3.8, 4) is 84.4 Å². The highest BCUT2D eigenvalue weighted by atomic mass is 15.0. The first-order valence-electron chi connectivity index (χ1n) is 22.0. The number of nitrogens with zero attached hydrogens (tertiary/aromatic N) is 4. The molecule has 0 unspecified atom stereocenters. The molecule has 4 nitrogen and oxygen atoms in total. The maximum absolute atomic E-state index is 5.30. The van der Waals surface area contributed by atoms with E-state index in [0.717, 1.165) is 66.4 Å². The van der Waals surface area contributed by atoms with Crippen LogP contribution in [0.2, 0.25) is 0 Å². The zero-order valence-corrected chi connectivity index (χ0v) is 35.4. The number of benzene rings is 10. The standard InChI is InChI=1S/C61H40N4/c1-5-19-41(20-6-1)45-33-37-57-54(39-45)55-40-46(42-21-7-2-8-22-42)34-38-58(55)65(57)56-32-18-17-30-51(56)50-35-36-53(49-29-15-14-28-48(49)50)61-63-59(44-25-11-4-12-26-44)62-60(64-61)52-31-16-13-27-47(52)43-23-9-3-10-24-43/h1-40H. The van der Waals surface area contributed by atoms with Gasteiger partial charge >= 0.3 is 0 Å². The molecule has 12 rings (SSSR count). The average molecular weight is 829 g/mol. The molecule has 0 fully saturated rings. The van der Waals surface area contributed by atoms with E-state index in [1.54, 1.807) is 0 Å². The van der Waals surface area contributed by atoms with Gasteiger partial charge in [-0.1, -0.05) is 206 Å². The summed E-state index contributed by atoms with van der Waals surface area (Å²) >= 11 is 0. The summed E-state index contributed by atoms with van der Waals surface area (Å²) < 4.78 is 2.45. The lowest BCUT2D eigenvalue weighted by Gasteiger charge is -2.17. The summed E-state index contributed by atoms with van der Waals surface area (Å²) in [5.74, 6) is 1.88. The fourth-order valence-corrected chi connectivity index (χ4v) is 9.41. The van der Waals surface area contributed by atoms with Crippen molar-refractivity contribution in [2.45, 2.75) is 0 Å². The number of rotatable bonds is 8. The minimum atomic E-state index is 0.624. The fourth-order valence-electron chi connectivity index (χ4n) is 9.41. The third-order valence-electron chi connectivity index (χ3n) is 12.5. The van der Waals surface area contributed by atoms with Crippen LogP contribution in [-0.4, -0.2) is 19.5 Å². The van der Waals surface area contributed by atoms with E-state index in [9.17, 15) is 0 Å². The first kappa shape index (κ1) is 38.0. The van der Waals surface area contributed by atoms with Crippen LogP contribution < -0.4 is 0 Å². The van der Waals surface area contributed by atoms with Crippen LogP contribution in [0.15, 0.2) is 243 Å². The number of fused-ring (bicyclic) bond motifs is 4. The lowest BCUT2D eigenvalue weighted by molar-refractivity contribution is 1.08. The molecule has 0 atom stereocenters. The molecule has 0 aliphatic carbocycles. The fraction of sp³-hybridized carbons (Fsp3) is 0. The van der Waals surface area contributed by atoms with Crippen molar-refractivity contribution in [2.75, 3.05) is 0 Å². The Kier molecular flexibility index (Phi) is 9.46. The quantitative estimate of drug-likeness (QED) is 0.153. The smallest absolute Gasteiger partial charge is 0.164 e. The van der Waals surface area contributed by atoms with Crippen LogP contribution in [-0.2, 0) is 0 Å². The topological polar surface area (TPSA) is 43.6 Å². The van der Waals surface area contributed by atoms with Gasteiger partial charge in [-0.25, -0.2) is 15.0 Å². The second-order valence-corrected chi connectivity index (χ2v) is 16.3. The Balaban J connectivity index is 1.05. The van der Waals surface area contributed by atoms with E-state index < -0.39 is 0 Å². The Morgan fingerprint density at radius 2 is 0.646 bits per heavy atom. The molecule has 0 aliphatic rings. The van der Waals surface area contributed by atoms with E-state index >= 15 is 0 Å². The van der Waals surface area contributed by atoms with Crippen molar-refractivity contribution < 1.29 is 0 Å². The summed E-state index contributed by atoms with van der Waals surface area (Å²) in [5, 5.41) is 4.60. The Labute approximate surface area is 377 Å². The minimum absolute atomic E-state index is 0.624. The van der Waals surface area contributed by atoms with E-state index in [1.807, 2.05) is 24.3 Å². The van der Waals surface area contributed by atoms with Gasteiger partial charge in [0.1, 0.15) is 0 Å². The van der Waals surface area contributed by atoms with E-state index in [2.05, 4.69) is 223 Å². The number of para-hydroxylation sites is 1. The summed E-state index contributed by atoms with van der Waals surface area (Å²) in [5.41, 5.74) is 15.5. The highest BCUT2D eigenvalue weighted by Crippen LogP contribution is 2.43. The molecule has 0 bridgehead atoms. The molecule has 0 saturated heterocycles. The van der Waals surface area contributed by atoms with Crippen molar-refractivity contribution in [3.63, 3.8) is 0 Å². The monoisotopic (exact) mass is 828 g/mol. The van der Waals surface area contributed by atoms with Gasteiger partial charge in [0.15, 0.2) is 17.5 Å². The summed E-state index contributed by atoms with van der Waals surface area (Å²) in [6, 6.07) is 86.0. The van der Waals surface area contributed by atoms with Crippen LogP contribution in [0.4, 0.5) is 0 Å². The van der Waals surface area contributed by atoms with Crippen LogP contribution in [0, 0.1) is 0 Å². The van der Waals surface area contributed by atoms with Gasteiger partial charge in [-0.3, -0.25) is 0 Å². The maximum atomic E-state index is 5.30. The Morgan fingerprint density at radius 3 is 1.23 bits per heavy atom. The Bertz CT molecular complexity index is 3600. The highest BCUT2D eigenvalue weighted by Gasteiger charge is 2.21. The van der Waals surface area contributed by atoms with Crippen molar-refractivity contribution >= 4 is 32.6 Å². The average Bonchev–Trinajstić information content (AvgIpc) is 3.72. The largest absolute Gasteiger partial charge is 0.309 e. The van der Waals surface area contributed by atoms with Crippen LogP contribution in [0.1, 0.15) is 0 Å². The van der Waals surface area contributed by atoms with Gasteiger partial charge in [-0.2, -0.15) is 0 Å². The maximum Gasteiger partial charge on any atom is 0.164 e. The molecule has 2 aromatic heterocycles. The first-order valence-corrected chi connectivity index (χ1v) is 22.0. The predicted molar refractivity (Wildman–Crippen MR) is 270 cm³/mol. The van der Waals surface area contributed by atoms with Crippen LogP contribution >= 0.6 is 0 Å². The Hall–Kier alpha value is -8.73. The van der Waals surface area contributed by atoms with Crippen molar-refractivity contribution in [2.24, 2.45) is 0 Å². The number of hydrogen-bond acceptors (Lipinski definition) is 3. The van der Waals surface area contributed by atoms with Crippen molar-refractivity contribution in [3.05, 3.63) is 243 Å². The van der Waals surface area contributed by atoms with E-state index in [-0.39, 0.29) is 0 Å². The molecular weight excluding hydrogens is 789 g/mol. The first-order chi connectivity index (χ1) is 32.2. The second kappa shape index (κ2) is 16.2. The normalized spacial score (nSPS) is 11.4. The van der Waals surface area contributed by atoms with Gasteiger partial charge in [0.25, 0.3) is 0 Å². The lowest BCUT2D eigenvalue weighted by Crippen LogP contribution is -2.02. The molecule has 12 aromatic rings. The molecule has 0 aliphatic heterocycles. The summed E-state index contributed by atoms with van der Waals surface area (Å²) in [6.07, 6.45) is 0. The summed E-state index contributed by atoms with van der Waals surface area (Å²) in [4.78, 5) is 15.6. The van der Waals surface area contributed by atoms with Crippen molar-refractivity contribution in [1.29, 1.82) is 0 Å². The SMILES string of the molecule is c1ccc(-c2ccc3c(c2)c2cc(-c4ccccc4)ccc2n3-c2ccccc2-c2ccc(-c3nc(-c4ccccc4)nc(-c4ccccc4-c4ccccc4)n3)c3ccccc23)cc1. The molecule has 304 valence electrons. The van der Waals surface area contributed by atoms with Gasteiger partial charge in [0, 0.05) is 33.0 Å². The van der Waals surface area contributed by atoms with E-state index in [0.29, 0.717) is 17.5 Å². The highest BCUT2D eigenvalue weighted by molar-refractivity contribution is 6.13. The number of aromatic nitrogens is 4. The van der Waals surface area contributed by atoms with Gasteiger partial charge in [0.2, 0.25) is 0 Å². The van der Waals surface area contributed by atoms with Crippen molar-refractivity contribution in [1.82, 2.24) is 19.5 Å². The van der Waals surface area contributed by atoms with Crippen LogP contribution in [0.5, 0.6) is 0 Å². The van der Waals surface area contributed by atoms with Crippen LogP contribution in [0.3, 0.4) is 0 Å². The molecule has 0 radical (unpaired) electrons. The third kappa shape index (κ3) is 6.85. The predicted octanol–water partition coefficient (Wildman–Crippen LogP) is 15.8. The van der Waals surface area contributed by atoms with E-state index in [1.165, 1.54) is 33.0 Å². The third-order valence-corrected chi connectivity index (χ3v) is 12.5. The molecular formula is C61H40N4. The molecule has 65 heavy (non-hydrogen) atoms. The summed E-state index contributed by atoms with van der Waals surface area (Å²) in [7, 11) is 0. The lowest BCUT2D eigenvalue weighted by atomic mass is 9.93. The molecule has 0 saturated carbocycles. The molecule has 0 spiro atoms. The summed E-state index contributed by atoms with van der Waals surface area (Å²) in [6.45, 7) is 0. The van der Waals surface area contributed by atoms with Gasteiger partial charge < -0.3 is 4.57 Å². The second-order valence-electron chi connectivity index (χ2n) is 16.3. The molecule has 10 aromatic carbocycles. The Morgan fingerprint density at radius 1 is 0.231 bits per heavy atom. The zero-order chi connectivity index (χ0) is 43.1. The minimum Gasteiger partial charge on any atom is -0.309 e. The van der Waals surface area contributed by atoms with Crippen LogP contribution in [0.25, 0.3) is 117 Å². The molecule has 2 heterocycles. The van der Waals surface area contributed by atoms with Gasteiger partial charge in [-0.15, -0.1) is 0 Å².